The maximum atomic E-state index is 13.7. The largest absolute Gasteiger partial charge is 0.329 e. The lowest BCUT2D eigenvalue weighted by Gasteiger charge is -2.30. The first-order valence-corrected chi connectivity index (χ1v) is 7.33. The second kappa shape index (κ2) is 6.59. The molecule has 0 amide bonds. The Morgan fingerprint density at radius 3 is 2.74 bits per heavy atom. The molecule has 1 heterocycles. The fraction of sp³-hybridized carbons (Fsp3) is 0.500. The summed E-state index contributed by atoms with van der Waals surface area (Å²) in [6.45, 7) is 3.23. The van der Waals surface area contributed by atoms with Crippen LogP contribution in [-0.4, -0.2) is 36.9 Å². The van der Waals surface area contributed by atoms with Crippen LogP contribution in [0.4, 0.5) is 4.39 Å². The van der Waals surface area contributed by atoms with E-state index in [1.54, 1.807) is 12.1 Å². The number of ketones is 1. The Kier molecular flexibility index (Phi) is 5.07. The van der Waals surface area contributed by atoms with Crippen molar-refractivity contribution in [2.45, 2.75) is 12.8 Å². The van der Waals surface area contributed by atoms with Crippen molar-refractivity contribution in [2.75, 3.05) is 26.2 Å². The normalized spacial score (nSPS) is 17.6. The third-order valence-corrected chi connectivity index (χ3v) is 4.09. The Bertz CT molecular complexity index is 459. The van der Waals surface area contributed by atoms with Gasteiger partial charge in [0.05, 0.1) is 5.56 Å². The summed E-state index contributed by atoms with van der Waals surface area (Å²) in [5.41, 5.74) is 5.72. The Hall–Kier alpha value is -0.780. The summed E-state index contributed by atoms with van der Waals surface area (Å²) in [6.07, 6.45) is 1.57. The van der Waals surface area contributed by atoms with Crippen LogP contribution < -0.4 is 5.73 Å². The van der Waals surface area contributed by atoms with Crippen LogP contribution in [0.1, 0.15) is 23.2 Å². The zero-order chi connectivity index (χ0) is 13.8. The van der Waals surface area contributed by atoms with Crippen molar-refractivity contribution in [2.24, 2.45) is 11.7 Å². The van der Waals surface area contributed by atoms with Crippen molar-refractivity contribution in [3.8, 4) is 0 Å². The number of hydrogen-bond donors (Lipinski definition) is 1. The average molecular weight is 329 g/mol. The van der Waals surface area contributed by atoms with Gasteiger partial charge >= 0.3 is 0 Å². The number of rotatable bonds is 4. The van der Waals surface area contributed by atoms with Crippen molar-refractivity contribution in [1.29, 1.82) is 0 Å². The molecule has 0 aliphatic carbocycles. The first-order chi connectivity index (χ1) is 9.11. The van der Waals surface area contributed by atoms with Gasteiger partial charge in [-0.25, -0.2) is 4.39 Å². The Balaban J connectivity index is 2.03. The third kappa shape index (κ3) is 3.61. The van der Waals surface area contributed by atoms with E-state index in [9.17, 15) is 9.18 Å². The maximum Gasteiger partial charge on any atom is 0.169 e. The van der Waals surface area contributed by atoms with E-state index in [2.05, 4.69) is 20.8 Å². The highest BCUT2D eigenvalue weighted by Crippen LogP contribution is 2.24. The molecule has 1 aromatic carbocycles. The summed E-state index contributed by atoms with van der Waals surface area (Å²) in [5, 5.41) is 0. The topological polar surface area (TPSA) is 46.3 Å². The lowest BCUT2D eigenvalue weighted by Crippen LogP contribution is -2.39. The molecule has 0 saturated carbocycles. The van der Waals surface area contributed by atoms with Crippen LogP contribution in [0.15, 0.2) is 22.7 Å². The molecule has 1 aliphatic heterocycles. The van der Waals surface area contributed by atoms with Crippen LogP contribution >= 0.6 is 15.9 Å². The summed E-state index contributed by atoms with van der Waals surface area (Å²) < 4.78 is 14.4. The number of likely N-dealkylation sites (tertiary alicyclic amines) is 1. The molecular formula is C14H18BrFN2O. The van der Waals surface area contributed by atoms with Crippen LogP contribution in [0.5, 0.6) is 0 Å². The molecule has 0 bridgehead atoms. The zero-order valence-electron chi connectivity index (χ0n) is 10.7. The SMILES string of the molecule is NCCN1CCC(C(=O)c2cc(Br)ccc2F)CC1. The van der Waals surface area contributed by atoms with Crippen molar-refractivity contribution in [1.82, 2.24) is 4.90 Å². The number of carbonyl (C=O) groups is 1. The molecular weight excluding hydrogens is 311 g/mol. The number of Topliss-reactive ketones (excluding diaryl/α,β-unsaturated/α-hetero) is 1. The minimum atomic E-state index is -0.433. The summed E-state index contributed by atoms with van der Waals surface area (Å²) >= 11 is 3.28. The molecule has 2 N–H and O–H groups in total. The summed E-state index contributed by atoms with van der Waals surface area (Å²) in [7, 11) is 0. The van der Waals surface area contributed by atoms with E-state index in [-0.39, 0.29) is 17.3 Å². The molecule has 1 fully saturated rings. The Morgan fingerprint density at radius 1 is 1.42 bits per heavy atom. The molecule has 104 valence electrons. The molecule has 19 heavy (non-hydrogen) atoms. The number of benzene rings is 1. The van der Waals surface area contributed by atoms with Crippen LogP contribution in [0.2, 0.25) is 0 Å². The summed E-state index contributed by atoms with van der Waals surface area (Å²) in [5.74, 6) is -0.582. The number of piperidine rings is 1. The van der Waals surface area contributed by atoms with Gasteiger partial charge in [-0.15, -0.1) is 0 Å². The van der Waals surface area contributed by atoms with E-state index >= 15 is 0 Å². The first kappa shape index (κ1) is 14.6. The lowest BCUT2D eigenvalue weighted by molar-refractivity contribution is 0.0838. The van der Waals surface area contributed by atoms with E-state index < -0.39 is 5.82 Å². The van der Waals surface area contributed by atoms with E-state index in [0.29, 0.717) is 6.54 Å². The Labute approximate surface area is 121 Å². The molecule has 1 aliphatic rings. The second-order valence-corrected chi connectivity index (χ2v) is 5.81. The molecule has 0 atom stereocenters. The minimum absolute atomic E-state index is 0.0715. The zero-order valence-corrected chi connectivity index (χ0v) is 12.3. The summed E-state index contributed by atoms with van der Waals surface area (Å²) in [6, 6.07) is 4.51. The van der Waals surface area contributed by atoms with Gasteiger partial charge in [0.15, 0.2) is 5.78 Å². The van der Waals surface area contributed by atoms with Crippen LogP contribution in [0, 0.1) is 11.7 Å². The van der Waals surface area contributed by atoms with Crippen molar-refractivity contribution in [3.63, 3.8) is 0 Å². The van der Waals surface area contributed by atoms with Gasteiger partial charge in [-0.1, -0.05) is 15.9 Å². The highest BCUT2D eigenvalue weighted by Gasteiger charge is 2.27. The van der Waals surface area contributed by atoms with Gasteiger partial charge in [-0.2, -0.15) is 0 Å². The van der Waals surface area contributed by atoms with Gasteiger partial charge in [0.25, 0.3) is 0 Å². The molecule has 0 unspecified atom stereocenters. The smallest absolute Gasteiger partial charge is 0.169 e. The monoisotopic (exact) mass is 328 g/mol. The van der Waals surface area contributed by atoms with Gasteiger partial charge in [0.2, 0.25) is 0 Å². The maximum absolute atomic E-state index is 13.7. The predicted octanol–water partition coefficient (Wildman–Crippen LogP) is 2.44. The molecule has 0 spiro atoms. The Morgan fingerprint density at radius 2 is 2.11 bits per heavy atom. The van der Waals surface area contributed by atoms with E-state index in [4.69, 9.17) is 5.73 Å². The van der Waals surface area contributed by atoms with Crippen molar-refractivity contribution >= 4 is 21.7 Å². The average Bonchev–Trinajstić information content (AvgIpc) is 2.42. The number of nitrogens with zero attached hydrogens (tertiary/aromatic N) is 1. The number of carbonyl (C=O) groups excluding carboxylic acids is 1. The number of hydrogen-bond acceptors (Lipinski definition) is 3. The summed E-state index contributed by atoms with van der Waals surface area (Å²) in [4.78, 5) is 14.6. The van der Waals surface area contributed by atoms with E-state index in [0.717, 1.165) is 36.9 Å². The molecule has 1 aromatic rings. The molecule has 2 rings (SSSR count). The number of nitrogens with two attached hydrogens (primary N) is 1. The standard InChI is InChI=1S/C14H18BrFN2O/c15-11-1-2-13(16)12(9-11)14(19)10-3-6-18(7-4-10)8-5-17/h1-2,9-10H,3-8,17H2. The fourth-order valence-corrected chi connectivity index (χ4v) is 2.87. The van der Waals surface area contributed by atoms with Gasteiger partial charge in [-0.05, 0) is 44.1 Å². The first-order valence-electron chi connectivity index (χ1n) is 6.53. The highest BCUT2D eigenvalue weighted by molar-refractivity contribution is 9.10. The number of halogens is 2. The quantitative estimate of drug-likeness (QED) is 0.863. The van der Waals surface area contributed by atoms with Crippen molar-refractivity contribution in [3.05, 3.63) is 34.1 Å². The van der Waals surface area contributed by atoms with Gasteiger partial charge in [0, 0.05) is 23.5 Å². The molecule has 5 heteroatoms. The highest BCUT2D eigenvalue weighted by atomic mass is 79.9. The molecule has 3 nitrogen and oxygen atoms in total. The third-order valence-electron chi connectivity index (χ3n) is 3.60. The molecule has 0 aromatic heterocycles. The van der Waals surface area contributed by atoms with Gasteiger partial charge < -0.3 is 10.6 Å². The van der Waals surface area contributed by atoms with E-state index in [1.807, 2.05) is 0 Å². The van der Waals surface area contributed by atoms with Crippen LogP contribution in [0.3, 0.4) is 0 Å². The fourth-order valence-electron chi connectivity index (χ4n) is 2.51. The molecule has 1 saturated heterocycles. The van der Waals surface area contributed by atoms with Crippen molar-refractivity contribution < 1.29 is 9.18 Å². The predicted molar refractivity (Wildman–Crippen MR) is 76.6 cm³/mol. The minimum Gasteiger partial charge on any atom is -0.329 e. The second-order valence-electron chi connectivity index (χ2n) is 4.89. The van der Waals surface area contributed by atoms with Gasteiger partial charge in [-0.3, -0.25) is 4.79 Å². The van der Waals surface area contributed by atoms with Crippen LogP contribution in [0.25, 0.3) is 0 Å². The van der Waals surface area contributed by atoms with Gasteiger partial charge in [0.1, 0.15) is 5.82 Å². The molecule has 0 radical (unpaired) electrons. The van der Waals surface area contributed by atoms with E-state index in [1.165, 1.54) is 6.07 Å². The van der Waals surface area contributed by atoms with Crippen LogP contribution in [-0.2, 0) is 0 Å². The lowest BCUT2D eigenvalue weighted by atomic mass is 9.88.